The molecule has 1 saturated carbocycles. The number of H-pyrrole nitrogens is 2. The monoisotopic (exact) mass is 486 g/mol. The molecule has 4 heterocycles. The van der Waals surface area contributed by atoms with Gasteiger partial charge in [-0.1, -0.05) is 18.7 Å². The molecule has 186 valence electrons. The first kappa shape index (κ1) is 22.6. The summed E-state index contributed by atoms with van der Waals surface area (Å²) in [6.07, 6.45) is 6.11. The lowest BCUT2D eigenvalue weighted by Crippen LogP contribution is -2.35. The number of aromatic amines is 2. The molecule has 2 aliphatic rings. The molecule has 1 aliphatic carbocycles. The fourth-order valence-corrected chi connectivity index (χ4v) is 4.47. The molecule has 0 unspecified atom stereocenters. The standard InChI is InChI=1S/C26H30N8O2/c1-17-22(31-26(35)29-17)12-20-15-28-34-24(27-14-18-5-6-18)13-23(32-25(20)34)30-21-4-2-3-19(11-21)16-33-7-9-36-10-8-33/h2-4,11-13,15,18,27H,1,5-10,14,16H2,(H,30,32)(H2,29,31,35)/b22-12-. The molecule has 10 nitrogen and oxygen atoms in total. The smallest absolute Gasteiger partial charge is 0.323 e. The van der Waals surface area contributed by atoms with Crippen molar-refractivity contribution in [3.8, 4) is 0 Å². The summed E-state index contributed by atoms with van der Waals surface area (Å²) in [5.41, 5.74) is 3.40. The summed E-state index contributed by atoms with van der Waals surface area (Å²) in [6.45, 7) is 9.17. The van der Waals surface area contributed by atoms with Gasteiger partial charge in [-0.2, -0.15) is 9.61 Å². The SMILES string of the molecule is C=c1[nH]c(=O)[nH]/c1=C\c1cnn2c(NCC3CC3)cc(Nc3cccc(CN4CCOCC4)c3)nc12. The van der Waals surface area contributed by atoms with Gasteiger partial charge in [0.15, 0.2) is 5.65 Å². The summed E-state index contributed by atoms with van der Waals surface area (Å²) in [6, 6.07) is 10.4. The molecule has 0 radical (unpaired) electrons. The van der Waals surface area contributed by atoms with E-state index in [4.69, 9.17) is 9.72 Å². The van der Waals surface area contributed by atoms with Crippen LogP contribution in [-0.4, -0.2) is 62.3 Å². The highest BCUT2D eigenvalue weighted by atomic mass is 16.5. The van der Waals surface area contributed by atoms with Crippen LogP contribution in [0.1, 0.15) is 24.0 Å². The van der Waals surface area contributed by atoms with E-state index in [1.165, 1.54) is 18.4 Å². The molecular weight excluding hydrogens is 456 g/mol. The molecular formula is C26H30N8O2. The second kappa shape index (κ2) is 9.63. The van der Waals surface area contributed by atoms with Crippen LogP contribution in [0.3, 0.4) is 0 Å². The van der Waals surface area contributed by atoms with E-state index in [0.29, 0.717) is 22.3 Å². The number of fused-ring (bicyclic) bond motifs is 1. The van der Waals surface area contributed by atoms with Gasteiger partial charge in [0, 0.05) is 43.5 Å². The van der Waals surface area contributed by atoms with Crippen molar-refractivity contribution in [1.82, 2.24) is 29.5 Å². The molecule has 0 atom stereocenters. The first-order chi connectivity index (χ1) is 17.6. The second-order valence-corrected chi connectivity index (χ2v) is 9.52. The Bertz CT molecular complexity index is 1540. The van der Waals surface area contributed by atoms with E-state index in [0.717, 1.165) is 62.3 Å². The Morgan fingerprint density at radius 1 is 1.19 bits per heavy atom. The zero-order valence-corrected chi connectivity index (χ0v) is 20.1. The van der Waals surface area contributed by atoms with E-state index in [1.807, 2.05) is 16.7 Å². The van der Waals surface area contributed by atoms with E-state index < -0.39 is 0 Å². The Balaban J connectivity index is 1.33. The largest absolute Gasteiger partial charge is 0.379 e. The number of ether oxygens (including phenoxy) is 1. The van der Waals surface area contributed by atoms with Crippen molar-refractivity contribution >= 4 is 35.6 Å². The van der Waals surface area contributed by atoms with Gasteiger partial charge < -0.3 is 25.3 Å². The third kappa shape index (κ3) is 5.05. The maximum atomic E-state index is 11.7. The lowest BCUT2D eigenvalue weighted by molar-refractivity contribution is 0.0342. The van der Waals surface area contributed by atoms with Crippen LogP contribution < -0.4 is 27.0 Å². The third-order valence-electron chi connectivity index (χ3n) is 6.61. The van der Waals surface area contributed by atoms with Gasteiger partial charge in [0.25, 0.3) is 0 Å². The van der Waals surface area contributed by atoms with E-state index in [-0.39, 0.29) is 5.69 Å². The molecule has 0 amide bonds. The molecule has 1 aliphatic heterocycles. The zero-order chi connectivity index (χ0) is 24.5. The molecule has 4 N–H and O–H groups in total. The minimum atomic E-state index is -0.290. The van der Waals surface area contributed by atoms with E-state index in [9.17, 15) is 4.79 Å². The van der Waals surface area contributed by atoms with Crippen LogP contribution >= 0.6 is 0 Å². The zero-order valence-electron chi connectivity index (χ0n) is 20.1. The van der Waals surface area contributed by atoms with Crippen molar-refractivity contribution in [2.24, 2.45) is 5.92 Å². The Morgan fingerprint density at radius 3 is 2.83 bits per heavy atom. The first-order valence-corrected chi connectivity index (χ1v) is 12.4. The molecule has 4 aromatic rings. The predicted octanol–water partition coefficient (Wildman–Crippen LogP) is 1.38. The average Bonchev–Trinajstić information content (AvgIpc) is 3.54. The number of anilines is 3. The van der Waals surface area contributed by atoms with Gasteiger partial charge in [-0.05, 0) is 42.5 Å². The summed E-state index contributed by atoms with van der Waals surface area (Å²) in [5.74, 6) is 2.30. The van der Waals surface area contributed by atoms with Crippen molar-refractivity contribution in [2.75, 3.05) is 43.5 Å². The molecule has 0 spiro atoms. The number of nitrogens with one attached hydrogen (secondary N) is 4. The fourth-order valence-electron chi connectivity index (χ4n) is 4.47. The van der Waals surface area contributed by atoms with Gasteiger partial charge in [0.05, 0.1) is 30.1 Å². The lowest BCUT2D eigenvalue weighted by Gasteiger charge is -2.26. The number of hydrogen-bond acceptors (Lipinski definition) is 7. The van der Waals surface area contributed by atoms with E-state index >= 15 is 0 Å². The number of morpholine rings is 1. The molecule has 3 aromatic heterocycles. The summed E-state index contributed by atoms with van der Waals surface area (Å²) >= 11 is 0. The van der Waals surface area contributed by atoms with Crippen molar-refractivity contribution < 1.29 is 4.74 Å². The van der Waals surface area contributed by atoms with Crippen LogP contribution in [0.4, 0.5) is 17.3 Å². The van der Waals surface area contributed by atoms with Gasteiger partial charge in [0.2, 0.25) is 0 Å². The molecule has 10 heteroatoms. The number of rotatable bonds is 8. The minimum Gasteiger partial charge on any atom is -0.379 e. The Labute approximate surface area is 207 Å². The third-order valence-corrected chi connectivity index (χ3v) is 6.61. The number of hydrogen-bond donors (Lipinski definition) is 4. The Hall–Kier alpha value is -3.89. The molecule has 36 heavy (non-hydrogen) atoms. The van der Waals surface area contributed by atoms with Crippen molar-refractivity contribution in [2.45, 2.75) is 19.4 Å². The van der Waals surface area contributed by atoms with Crippen LogP contribution in [-0.2, 0) is 11.3 Å². The normalized spacial score (nSPS) is 17.1. The van der Waals surface area contributed by atoms with Gasteiger partial charge in [-0.25, -0.2) is 9.78 Å². The molecule has 6 rings (SSSR count). The molecule has 1 aromatic carbocycles. The first-order valence-electron chi connectivity index (χ1n) is 12.4. The highest BCUT2D eigenvalue weighted by Crippen LogP contribution is 2.30. The highest BCUT2D eigenvalue weighted by molar-refractivity contribution is 5.71. The topological polar surface area (TPSA) is 115 Å². The van der Waals surface area contributed by atoms with Gasteiger partial charge in [-0.3, -0.25) is 4.90 Å². The Kier molecular flexibility index (Phi) is 6.04. The molecule has 0 bridgehead atoms. The number of aromatic nitrogens is 5. The van der Waals surface area contributed by atoms with Crippen molar-refractivity contribution in [3.05, 3.63) is 68.8 Å². The number of nitrogens with zero attached hydrogens (tertiary/aromatic N) is 4. The second-order valence-electron chi connectivity index (χ2n) is 9.52. The highest BCUT2D eigenvalue weighted by Gasteiger charge is 2.21. The maximum Gasteiger partial charge on any atom is 0.323 e. The summed E-state index contributed by atoms with van der Waals surface area (Å²) in [4.78, 5) is 24.4. The average molecular weight is 487 g/mol. The lowest BCUT2D eigenvalue weighted by atomic mass is 10.2. The fraction of sp³-hybridized carbons (Fsp3) is 0.346. The van der Waals surface area contributed by atoms with Gasteiger partial charge in [0.1, 0.15) is 11.6 Å². The van der Waals surface area contributed by atoms with Gasteiger partial charge >= 0.3 is 5.69 Å². The van der Waals surface area contributed by atoms with Crippen LogP contribution in [0.15, 0.2) is 41.3 Å². The molecule has 1 saturated heterocycles. The summed E-state index contributed by atoms with van der Waals surface area (Å²) in [7, 11) is 0. The van der Waals surface area contributed by atoms with Crippen LogP contribution in [0.5, 0.6) is 0 Å². The van der Waals surface area contributed by atoms with Crippen LogP contribution in [0.25, 0.3) is 18.3 Å². The van der Waals surface area contributed by atoms with Crippen molar-refractivity contribution in [3.63, 3.8) is 0 Å². The van der Waals surface area contributed by atoms with Gasteiger partial charge in [-0.15, -0.1) is 0 Å². The van der Waals surface area contributed by atoms with Crippen LogP contribution in [0.2, 0.25) is 0 Å². The number of benzene rings is 1. The summed E-state index contributed by atoms with van der Waals surface area (Å²) in [5, 5.41) is 12.7. The van der Waals surface area contributed by atoms with Crippen LogP contribution in [0, 0.1) is 5.92 Å². The quantitative estimate of drug-likeness (QED) is 0.297. The number of imidazole rings is 1. The summed E-state index contributed by atoms with van der Waals surface area (Å²) < 4.78 is 7.28. The maximum absolute atomic E-state index is 11.7. The minimum absolute atomic E-state index is 0.290. The Morgan fingerprint density at radius 2 is 2.06 bits per heavy atom. The van der Waals surface area contributed by atoms with E-state index in [2.05, 4.69) is 61.4 Å². The van der Waals surface area contributed by atoms with E-state index in [1.54, 1.807) is 6.20 Å². The van der Waals surface area contributed by atoms with Crippen molar-refractivity contribution in [1.29, 1.82) is 0 Å². The predicted molar refractivity (Wildman–Crippen MR) is 140 cm³/mol. The molecule has 2 fully saturated rings.